The topological polar surface area (TPSA) is 43.4 Å². The summed E-state index contributed by atoms with van der Waals surface area (Å²) in [6.45, 7) is 0. The molecule has 8 heteroatoms. The minimum absolute atomic E-state index is 0. The van der Waals surface area contributed by atoms with Crippen molar-refractivity contribution in [2.24, 2.45) is 0 Å². The number of hydrogen-bond acceptors (Lipinski definition) is 7. The van der Waals surface area contributed by atoms with Gasteiger partial charge in [0.05, 0.1) is 32.5 Å². The van der Waals surface area contributed by atoms with Crippen molar-refractivity contribution in [1.82, 2.24) is 0 Å². The fourth-order valence-electron chi connectivity index (χ4n) is 1.50. The average molecular weight is 401 g/mol. The van der Waals surface area contributed by atoms with Crippen molar-refractivity contribution in [2.75, 3.05) is 0 Å². The maximum atomic E-state index is 11.6. The van der Waals surface area contributed by atoms with E-state index in [1.165, 1.54) is 22.7 Å². The van der Waals surface area contributed by atoms with E-state index in [2.05, 4.69) is 0 Å². The van der Waals surface area contributed by atoms with E-state index in [0.717, 1.165) is 31.4 Å². The summed E-state index contributed by atoms with van der Waals surface area (Å²) in [5.41, 5.74) is 0. The Labute approximate surface area is 148 Å². The van der Waals surface area contributed by atoms with Crippen LogP contribution in [0.15, 0.2) is 58.8 Å². The third kappa shape index (κ3) is 4.79. The van der Waals surface area contributed by atoms with Gasteiger partial charge in [-0.2, -0.15) is 0 Å². The first kappa shape index (κ1) is 17.0. The molecular formula is C13H10NiO3S4. The predicted octanol–water partition coefficient (Wildman–Crippen LogP) is 4.94. The first-order valence-electron chi connectivity index (χ1n) is 5.75. The molecule has 0 spiro atoms. The normalized spacial score (nSPS) is 10.5. The Morgan fingerprint density at radius 3 is 1.76 bits per heavy atom. The van der Waals surface area contributed by atoms with Gasteiger partial charge in [0.25, 0.3) is 4.06 Å². The molecule has 3 aromatic rings. The van der Waals surface area contributed by atoms with E-state index in [-0.39, 0.29) is 20.5 Å². The van der Waals surface area contributed by atoms with Gasteiger partial charge in [0.1, 0.15) is 11.5 Å². The Balaban J connectivity index is 0.00000161. The Morgan fingerprint density at radius 2 is 1.38 bits per heavy atom. The molecule has 0 saturated heterocycles. The molecule has 0 amide bonds. The molecule has 0 unspecified atom stereocenters. The molecule has 0 saturated carbocycles. The molecule has 0 aliphatic rings. The van der Waals surface area contributed by atoms with Crippen LogP contribution in [0.3, 0.4) is 0 Å². The van der Waals surface area contributed by atoms with Gasteiger partial charge in [0.2, 0.25) is 0 Å². The van der Waals surface area contributed by atoms with Crippen LogP contribution < -0.4 is 4.06 Å². The summed E-state index contributed by atoms with van der Waals surface area (Å²) < 4.78 is 12.9. The Bertz CT molecular complexity index is 641. The van der Waals surface area contributed by atoms with Crippen LogP contribution in [0.4, 0.5) is 0 Å². The first-order chi connectivity index (χ1) is 9.81. The molecule has 21 heavy (non-hydrogen) atoms. The zero-order chi connectivity index (χ0) is 13.8. The zero-order valence-corrected chi connectivity index (χ0v) is 14.8. The Morgan fingerprint density at radius 1 is 0.905 bits per heavy atom. The summed E-state index contributed by atoms with van der Waals surface area (Å²) in [5.74, 6) is 3.33. The minimum Gasteiger partial charge on any atom is -0.468 e. The second-order valence-electron chi connectivity index (χ2n) is 3.77. The molecular weight excluding hydrogens is 391 g/mol. The molecule has 0 atom stereocenters. The van der Waals surface area contributed by atoms with Gasteiger partial charge < -0.3 is 8.83 Å². The van der Waals surface area contributed by atoms with Crippen LogP contribution in [-0.4, -0.2) is 0 Å². The quantitative estimate of drug-likeness (QED) is 0.433. The van der Waals surface area contributed by atoms with Gasteiger partial charge in [-0.3, -0.25) is 4.79 Å². The van der Waals surface area contributed by atoms with Crippen LogP contribution in [0.1, 0.15) is 11.5 Å². The molecule has 0 aliphatic heterocycles. The number of furan rings is 2. The van der Waals surface area contributed by atoms with Crippen molar-refractivity contribution in [1.29, 1.82) is 0 Å². The van der Waals surface area contributed by atoms with E-state index >= 15 is 0 Å². The predicted molar refractivity (Wildman–Crippen MR) is 85.0 cm³/mol. The smallest absolute Gasteiger partial charge is 0.289 e. The molecule has 3 aromatic heterocycles. The Kier molecular flexibility index (Phi) is 6.70. The fraction of sp³-hybridized carbons (Fsp3) is 0.154. The van der Waals surface area contributed by atoms with Gasteiger partial charge >= 0.3 is 0 Å². The molecule has 0 fully saturated rings. The van der Waals surface area contributed by atoms with Crippen molar-refractivity contribution in [3.63, 3.8) is 0 Å². The second-order valence-corrected chi connectivity index (χ2v) is 8.48. The van der Waals surface area contributed by atoms with Gasteiger partial charge in [0.15, 0.2) is 0 Å². The van der Waals surface area contributed by atoms with E-state index in [1.807, 2.05) is 24.3 Å². The molecule has 3 nitrogen and oxygen atoms in total. The number of hydrogen-bond donors (Lipinski definition) is 0. The third-order valence-corrected chi connectivity index (χ3v) is 7.50. The minimum atomic E-state index is 0. The van der Waals surface area contributed by atoms with Gasteiger partial charge in [-0.1, -0.05) is 22.7 Å². The fourth-order valence-corrected chi connectivity index (χ4v) is 6.54. The largest absolute Gasteiger partial charge is 0.468 e. The van der Waals surface area contributed by atoms with Gasteiger partial charge in [-0.15, -0.1) is 23.5 Å². The van der Waals surface area contributed by atoms with Crippen LogP contribution in [0.25, 0.3) is 0 Å². The molecule has 0 bridgehead atoms. The zero-order valence-electron chi connectivity index (χ0n) is 10.6. The van der Waals surface area contributed by atoms with Crippen LogP contribution in [0, 0.1) is 0 Å². The average Bonchev–Trinajstić information content (AvgIpc) is 3.16. The van der Waals surface area contributed by atoms with E-state index in [0.29, 0.717) is 0 Å². The SMILES string of the molecule is O=c1sc(SCc2ccco2)c(SCc2ccco2)s1.[Ni]. The maximum Gasteiger partial charge on any atom is 0.289 e. The standard InChI is InChI=1S/C13H10O3S4.Ni/c14-13-19-11(17-7-9-3-1-5-15-9)12(20-13)18-8-10-4-2-6-16-10;/h1-6H,7-8H2;. The maximum absolute atomic E-state index is 11.6. The molecule has 0 N–H and O–H groups in total. The number of thioether (sulfide) groups is 2. The van der Waals surface area contributed by atoms with E-state index < -0.39 is 0 Å². The summed E-state index contributed by atoms with van der Waals surface area (Å²) in [7, 11) is 0. The molecule has 3 heterocycles. The van der Waals surface area contributed by atoms with Crippen LogP contribution in [0.5, 0.6) is 0 Å². The number of rotatable bonds is 6. The van der Waals surface area contributed by atoms with Crippen LogP contribution in [-0.2, 0) is 28.0 Å². The van der Waals surface area contributed by atoms with Crippen molar-refractivity contribution >= 4 is 46.2 Å². The molecule has 0 aliphatic carbocycles. The molecule has 114 valence electrons. The monoisotopic (exact) mass is 400 g/mol. The van der Waals surface area contributed by atoms with E-state index in [1.54, 1.807) is 36.1 Å². The van der Waals surface area contributed by atoms with Crippen molar-refractivity contribution in [2.45, 2.75) is 19.9 Å². The Hall–Kier alpha value is -0.396. The van der Waals surface area contributed by atoms with Crippen molar-refractivity contribution in [3.05, 3.63) is 57.2 Å². The van der Waals surface area contributed by atoms with E-state index in [4.69, 9.17) is 8.83 Å². The van der Waals surface area contributed by atoms with Crippen LogP contribution in [0.2, 0.25) is 0 Å². The summed E-state index contributed by atoms with van der Waals surface area (Å²) in [5, 5.41) is 0. The molecule has 3 rings (SSSR count). The van der Waals surface area contributed by atoms with Gasteiger partial charge in [-0.25, -0.2) is 0 Å². The molecule has 0 radical (unpaired) electrons. The first-order valence-corrected chi connectivity index (χ1v) is 9.36. The van der Waals surface area contributed by atoms with E-state index in [9.17, 15) is 4.79 Å². The summed E-state index contributed by atoms with van der Waals surface area (Å²) in [4.78, 5) is 11.6. The summed E-state index contributed by atoms with van der Waals surface area (Å²) >= 11 is 5.91. The van der Waals surface area contributed by atoms with Gasteiger partial charge in [-0.05, 0) is 24.3 Å². The summed E-state index contributed by atoms with van der Waals surface area (Å²) in [6.07, 6.45) is 3.33. The van der Waals surface area contributed by atoms with Gasteiger partial charge in [0, 0.05) is 16.5 Å². The third-order valence-electron chi connectivity index (χ3n) is 2.37. The summed E-state index contributed by atoms with van der Waals surface area (Å²) in [6, 6.07) is 7.63. The second kappa shape index (κ2) is 8.29. The molecule has 0 aromatic carbocycles. The van der Waals surface area contributed by atoms with Crippen molar-refractivity contribution < 1.29 is 25.3 Å². The van der Waals surface area contributed by atoms with Crippen molar-refractivity contribution in [3.8, 4) is 0 Å². The van der Waals surface area contributed by atoms with Crippen LogP contribution >= 0.6 is 46.2 Å².